The molecule has 6 nitrogen and oxygen atoms in total. The Morgan fingerprint density at radius 3 is 2.56 bits per heavy atom. The molecule has 0 saturated carbocycles. The Hall–Kier alpha value is -0.920. The molecule has 1 aromatic rings. The molecule has 0 aliphatic carbocycles. The van der Waals surface area contributed by atoms with Crippen molar-refractivity contribution in [3.8, 4) is 0 Å². The van der Waals surface area contributed by atoms with Crippen molar-refractivity contribution in [2.75, 3.05) is 6.54 Å². The zero-order chi connectivity index (χ0) is 13.8. The Morgan fingerprint density at radius 1 is 1.39 bits per heavy atom. The Balaban J connectivity index is 2.51. The Kier molecular flexibility index (Phi) is 5.30. The summed E-state index contributed by atoms with van der Waals surface area (Å²) in [6, 6.07) is 0.275. The van der Waals surface area contributed by atoms with Crippen molar-refractivity contribution in [1.29, 1.82) is 0 Å². The zero-order valence-corrected chi connectivity index (χ0v) is 12.2. The highest BCUT2D eigenvalue weighted by Crippen LogP contribution is 2.00. The van der Waals surface area contributed by atoms with Gasteiger partial charge in [-0.2, -0.15) is 0 Å². The fraction of sp³-hybridized carbons (Fsp3) is 0.727. The van der Waals surface area contributed by atoms with E-state index in [9.17, 15) is 8.42 Å². The van der Waals surface area contributed by atoms with Gasteiger partial charge in [-0.15, -0.1) is 0 Å². The highest BCUT2D eigenvalue weighted by atomic mass is 32.2. The van der Waals surface area contributed by atoms with E-state index in [-0.39, 0.29) is 12.6 Å². The number of hydrogen-bond acceptors (Lipinski definition) is 4. The van der Waals surface area contributed by atoms with Crippen LogP contribution >= 0.6 is 0 Å². The van der Waals surface area contributed by atoms with Crippen molar-refractivity contribution in [1.82, 2.24) is 19.6 Å². The minimum absolute atomic E-state index is 0.220. The van der Waals surface area contributed by atoms with Crippen molar-refractivity contribution in [2.45, 2.75) is 38.6 Å². The standard InChI is InChI=1S/C11H22N4O2S/c1-9(2)13-7-10(3)18(16,17)14-8-11-12-5-6-15(11)4/h5-6,9-10,13-14H,7-8H2,1-4H3. The fourth-order valence-electron chi connectivity index (χ4n) is 1.39. The van der Waals surface area contributed by atoms with E-state index >= 15 is 0 Å². The molecule has 0 aromatic carbocycles. The summed E-state index contributed by atoms with van der Waals surface area (Å²) in [5.41, 5.74) is 0. The Bertz CT molecular complexity index is 467. The van der Waals surface area contributed by atoms with Crippen LogP contribution in [0.3, 0.4) is 0 Å². The summed E-state index contributed by atoms with van der Waals surface area (Å²) in [5.74, 6) is 0.697. The van der Waals surface area contributed by atoms with E-state index in [0.29, 0.717) is 12.4 Å². The first-order chi connectivity index (χ1) is 8.33. The maximum atomic E-state index is 12.0. The molecular formula is C11H22N4O2S. The van der Waals surface area contributed by atoms with Gasteiger partial charge in [-0.3, -0.25) is 0 Å². The van der Waals surface area contributed by atoms with E-state index < -0.39 is 15.3 Å². The van der Waals surface area contributed by atoms with Gasteiger partial charge in [0.05, 0.1) is 11.8 Å². The normalized spacial score (nSPS) is 14.1. The molecule has 0 spiro atoms. The molecule has 104 valence electrons. The Labute approximate surface area is 109 Å². The van der Waals surface area contributed by atoms with Gasteiger partial charge in [0.25, 0.3) is 0 Å². The molecule has 0 radical (unpaired) electrons. The molecule has 2 N–H and O–H groups in total. The lowest BCUT2D eigenvalue weighted by atomic mass is 10.3. The van der Waals surface area contributed by atoms with Gasteiger partial charge >= 0.3 is 0 Å². The van der Waals surface area contributed by atoms with E-state index in [1.54, 1.807) is 23.9 Å². The monoisotopic (exact) mass is 274 g/mol. The van der Waals surface area contributed by atoms with Crippen LogP contribution in [0.25, 0.3) is 0 Å². The average Bonchev–Trinajstić information content (AvgIpc) is 2.69. The van der Waals surface area contributed by atoms with E-state index in [0.717, 1.165) is 0 Å². The highest BCUT2D eigenvalue weighted by molar-refractivity contribution is 7.90. The summed E-state index contributed by atoms with van der Waals surface area (Å²) in [7, 11) is -1.48. The van der Waals surface area contributed by atoms with Crippen molar-refractivity contribution in [3.63, 3.8) is 0 Å². The SMILES string of the molecule is CC(C)NCC(C)S(=O)(=O)NCc1nccn1C. The van der Waals surface area contributed by atoms with Crippen LogP contribution in [-0.4, -0.2) is 35.8 Å². The third-order valence-corrected chi connectivity index (χ3v) is 4.47. The molecule has 0 aliphatic heterocycles. The smallest absolute Gasteiger partial charge is 0.215 e. The summed E-state index contributed by atoms with van der Waals surface area (Å²) in [6.07, 6.45) is 3.43. The second-order valence-corrected chi connectivity index (χ2v) is 6.88. The van der Waals surface area contributed by atoms with E-state index in [2.05, 4.69) is 15.0 Å². The molecule has 1 atom stereocenters. The van der Waals surface area contributed by atoms with Crippen LogP contribution in [0.15, 0.2) is 12.4 Å². The van der Waals surface area contributed by atoms with Gasteiger partial charge in [-0.25, -0.2) is 18.1 Å². The topological polar surface area (TPSA) is 76.0 Å². The molecule has 1 unspecified atom stereocenters. The van der Waals surface area contributed by atoms with Crippen LogP contribution in [0.5, 0.6) is 0 Å². The number of hydrogen-bond donors (Lipinski definition) is 2. The molecule has 0 amide bonds. The number of aryl methyl sites for hydroxylation is 1. The minimum atomic E-state index is -3.31. The molecule has 0 bridgehead atoms. The first-order valence-corrected chi connectivity index (χ1v) is 7.55. The molecule has 0 fully saturated rings. The van der Waals surface area contributed by atoms with Gasteiger partial charge in [0.2, 0.25) is 10.0 Å². The molecule has 0 saturated heterocycles. The summed E-state index contributed by atoms with van der Waals surface area (Å²) >= 11 is 0. The van der Waals surface area contributed by atoms with Crippen LogP contribution in [-0.2, 0) is 23.6 Å². The number of nitrogens with one attached hydrogen (secondary N) is 2. The van der Waals surface area contributed by atoms with Crippen molar-refractivity contribution >= 4 is 10.0 Å². The van der Waals surface area contributed by atoms with E-state index in [4.69, 9.17) is 0 Å². The highest BCUT2D eigenvalue weighted by Gasteiger charge is 2.20. The van der Waals surface area contributed by atoms with Crippen LogP contribution in [0.2, 0.25) is 0 Å². The third-order valence-electron chi connectivity index (χ3n) is 2.70. The molecule has 7 heteroatoms. The zero-order valence-electron chi connectivity index (χ0n) is 11.3. The predicted molar refractivity (Wildman–Crippen MR) is 71.6 cm³/mol. The third kappa shape index (κ3) is 4.40. The Morgan fingerprint density at radius 2 is 2.06 bits per heavy atom. The van der Waals surface area contributed by atoms with E-state index in [1.165, 1.54) is 0 Å². The number of imidazole rings is 1. The molecular weight excluding hydrogens is 252 g/mol. The molecule has 1 rings (SSSR count). The first kappa shape index (κ1) is 15.1. The molecule has 1 aromatic heterocycles. The van der Waals surface area contributed by atoms with Crippen molar-refractivity contribution in [3.05, 3.63) is 18.2 Å². The number of nitrogens with zero attached hydrogens (tertiary/aromatic N) is 2. The van der Waals surface area contributed by atoms with Crippen LogP contribution in [0.1, 0.15) is 26.6 Å². The summed E-state index contributed by atoms with van der Waals surface area (Å²) < 4.78 is 28.3. The van der Waals surface area contributed by atoms with Crippen molar-refractivity contribution < 1.29 is 8.42 Å². The summed E-state index contributed by atoms with van der Waals surface area (Å²) in [4.78, 5) is 4.07. The van der Waals surface area contributed by atoms with E-state index in [1.807, 2.05) is 20.9 Å². The van der Waals surface area contributed by atoms with Gasteiger partial charge in [0.15, 0.2) is 0 Å². The predicted octanol–water partition coefficient (Wildman–Crippen LogP) is 0.226. The molecule has 1 heterocycles. The fourth-order valence-corrected chi connectivity index (χ4v) is 2.32. The minimum Gasteiger partial charge on any atom is -0.337 e. The maximum absolute atomic E-state index is 12.0. The van der Waals surface area contributed by atoms with Gasteiger partial charge in [0, 0.05) is 32.0 Å². The van der Waals surface area contributed by atoms with Gasteiger partial charge < -0.3 is 9.88 Å². The van der Waals surface area contributed by atoms with Gasteiger partial charge in [-0.05, 0) is 6.92 Å². The molecule has 18 heavy (non-hydrogen) atoms. The largest absolute Gasteiger partial charge is 0.337 e. The second-order valence-electron chi connectivity index (χ2n) is 4.69. The molecule has 0 aliphatic rings. The van der Waals surface area contributed by atoms with Crippen LogP contribution < -0.4 is 10.0 Å². The lowest BCUT2D eigenvalue weighted by Gasteiger charge is -2.16. The average molecular weight is 274 g/mol. The lowest BCUT2D eigenvalue weighted by Crippen LogP contribution is -2.40. The first-order valence-electron chi connectivity index (χ1n) is 6.01. The van der Waals surface area contributed by atoms with Gasteiger partial charge in [-0.1, -0.05) is 13.8 Å². The lowest BCUT2D eigenvalue weighted by molar-refractivity contribution is 0.538. The van der Waals surface area contributed by atoms with Gasteiger partial charge in [0.1, 0.15) is 5.82 Å². The number of aromatic nitrogens is 2. The maximum Gasteiger partial charge on any atom is 0.215 e. The quantitative estimate of drug-likeness (QED) is 0.746. The summed E-state index contributed by atoms with van der Waals surface area (Å²) in [6.45, 7) is 6.32. The summed E-state index contributed by atoms with van der Waals surface area (Å²) in [5, 5.41) is 2.64. The van der Waals surface area contributed by atoms with Crippen LogP contribution in [0.4, 0.5) is 0 Å². The van der Waals surface area contributed by atoms with Crippen LogP contribution in [0, 0.1) is 0 Å². The second kappa shape index (κ2) is 6.31. The van der Waals surface area contributed by atoms with Crippen molar-refractivity contribution in [2.24, 2.45) is 7.05 Å². The number of rotatable bonds is 7. The number of sulfonamides is 1.